The van der Waals surface area contributed by atoms with Crippen LogP contribution in [0.2, 0.25) is 0 Å². The average Bonchev–Trinajstić information content (AvgIpc) is 2.65. The maximum atomic E-state index is 13.1. The number of rotatable bonds is 0. The Labute approximate surface area is 112 Å². The molecule has 0 aromatic carbocycles. The van der Waals surface area contributed by atoms with E-state index in [0.29, 0.717) is 0 Å². The van der Waals surface area contributed by atoms with Gasteiger partial charge in [0.05, 0.1) is 11.1 Å². The highest BCUT2D eigenvalue weighted by Crippen LogP contribution is 2.39. The standard InChI is InChI=1S/C11H6F3N3O2S/c1-3-2-4(11(12,13)14)5-6-7(20-9(5)15-3)8(18)17-10(19)16-6/h2H,1H3,(H2,16,17,18,19). The van der Waals surface area contributed by atoms with Gasteiger partial charge < -0.3 is 4.98 Å². The Morgan fingerprint density at radius 2 is 1.95 bits per heavy atom. The minimum atomic E-state index is -4.60. The van der Waals surface area contributed by atoms with Gasteiger partial charge >= 0.3 is 11.9 Å². The summed E-state index contributed by atoms with van der Waals surface area (Å²) in [6.07, 6.45) is -4.60. The number of pyridine rings is 1. The first-order valence-electron chi connectivity index (χ1n) is 5.41. The van der Waals surface area contributed by atoms with Gasteiger partial charge in [-0.15, -0.1) is 11.3 Å². The molecule has 0 atom stereocenters. The quantitative estimate of drug-likeness (QED) is 0.668. The number of aromatic nitrogens is 3. The molecule has 9 heteroatoms. The molecule has 0 aliphatic rings. The van der Waals surface area contributed by atoms with E-state index in [2.05, 4.69) is 9.97 Å². The van der Waals surface area contributed by atoms with E-state index in [1.807, 2.05) is 4.98 Å². The molecule has 3 rings (SSSR count). The van der Waals surface area contributed by atoms with Gasteiger partial charge in [-0.05, 0) is 13.0 Å². The first-order valence-corrected chi connectivity index (χ1v) is 6.22. The lowest BCUT2D eigenvalue weighted by molar-refractivity contribution is -0.136. The van der Waals surface area contributed by atoms with Gasteiger partial charge in [0.2, 0.25) is 0 Å². The minimum Gasteiger partial charge on any atom is -0.305 e. The van der Waals surface area contributed by atoms with Crippen molar-refractivity contribution in [3.05, 3.63) is 38.2 Å². The van der Waals surface area contributed by atoms with Crippen LogP contribution >= 0.6 is 11.3 Å². The zero-order chi connectivity index (χ0) is 14.7. The summed E-state index contributed by atoms with van der Waals surface area (Å²) in [6.45, 7) is 1.44. The number of halogens is 3. The van der Waals surface area contributed by atoms with E-state index in [-0.39, 0.29) is 26.1 Å². The van der Waals surface area contributed by atoms with Crippen LogP contribution in [-0.2, 0) is 6.18 Å². The van der Waals surface area contributed by atoms with Crippen molar-refractivity contribution in [3.8, 4) is 0 Å². The first kappa shape index (κ1) is 12.9. The summed E-state index contributed by atoms with van der Waals surface area (Å²) in [5, 5.41) is -0.244. The van der Waals surface area contributed by atoms with Gasteiger partial charge in [-0.25, -0.2) is 9.78 Å². The van der Waals surface area contributed by atoms with Gasteiger partial charge in [0, 0.05) is 11.1 Å². The summed E-state index contributed by atoms with van der Waals surface area (Å²) in [4.78, 5) is 31.2. The predicted octanol–water partition coefficient (Wildman–Crippen LogP) is 2.15. The number of alkyl halides is 3. The van der Waals surface area contributed by atoms with Crippen molar-refractivity contribution in [2.24, 2.45) is 0 Å². The molecule has 3 heterocycles. The monoisotopic (exact) mass is 301 g/mol. The molecule has 0 radical (unpaired) electrons. The Morgan fingerprint density at radius 3 is 2.60 bits per heavy atom. The Kier molecular flexibility index (Phi) is 2.52. The second-order valence-corrected chi connectivity index (χ2v) is 5.20. The Hall–Kier alpha value is -2.16. The number of hydrogen-bond acceptors (Lipinski definition) is 4. The molecular weight excluding hydrogens is 295 g/mol. The normalized spacial score (nSPS) is 12.4. The van der Waals surface area contributed by atoms with Crippen molar-refractivity contribution in [2.75, 3.05) is 0 Å². The van der Waals surface area contributed by atoms with Crippen molar-refractivity contribution >= 4 is 31.8 Å². The second-order valence-electron chi connectivity index (χ2n) is 4.20. The zero-order valence-electron chi connectivity index (χ0n) is 9.88. The molecule has 0 saturated heterocycles. The summed E-state index contributed by atoms with van der Waals surface area (Å²) in [5.41, 5.74) is -2.42. The fourth-order valence-corrected chi connectivity index (χ4v) is 3.12. The summed E-state index contributed by atoms with van der Waals surface area (Å²) in [5.74, 6) is 0. The van der Waals surface area contributed by atoms with Crippen molar-refractivity contribution in [1.29, 1.82) is 0 Å². The van der Waals surface area contributed by atoms with Gasteiger partial charge in [0.25, 0.3) is 5.56 Å². The minimum absolute atomic E-state index is 0.0169. The molecule has 0 amide bonds. The predicted molar refractivity (Wildman–Crippen MR) is 68.1 cm³/mol. The highest BCUT2D eigenvalue weighted by Gasteiger charge is 2.35. The van der Waals surface area contributed by atoms with Gasteiger partial charge in [0.15, 0.2) is 0 Å². The van der Waals surface area contributed by atoms with E-state index in [1.165, 1.54) is 6.92 Å². The molecule has 104 valence electrons. The highest BCUT2D eigenvalue weighted by molar-refractivity contribution is 7.25. The topological polar surface area (TPSA) is 78.6 Å². The van der Waals surface area contributed by atoms with E-state index in [4.69, 9.17) is 0 Å². The number of fused-ring (bicyclic) bond motifs is 3. The van der Waals surface area contributed by atoms with Crippen molar-refractivity contribution in [2.45, 2.75) is 13.1 Å². The van der Waals surface area contributed by atoms with Crippen LogP contribution < -0.4 is 11.2 Å². The fourth-order valence-electron chi connectivity index (χ4n) is 2.03. The molecule has 3 aromatic heterocycles. The maximum absolute atomic E-state index is 13.1. The molecule has 5 nitrogen and oxygen atoms in total. The van der Waals surface area contributed by atoms with Crippen LogP contribution in [0, 0.1) is 6.92 Å². The SMILES string of the molecule is Cc1cc(C(F)(F)F)c2c(n1)sc1c(=O)[nH]c(=O)[nH]c12. The largest absolute Gasteiger partial charge is 0.417 e. The molecule has 0 bridgehead atoms. The van der Waals surface area contributed by atoms with Gasteiger partial charge in [0.1, 0.15) is 9.53 Å². The molecule has 0 aliphatic carbocycles. The number of aryl methyl sites for hydroxylation is 1. The Bertz CT molecular complexity index is 952. The van der Waals surface area contributed by atoms with Crippen LogP contribution in [0.25, 0.3) is 20.4 Å². The smallest absolute Gasteiger partial charge is 0.305 e. The number of thiophene rings is 1. The van der Waals surface area contributed by atoms with E-state index < -0.39 is 23.0 Å². The summed E-state index contributed by atoms with van der Waals surface area (Å²) < 4.78 is 39.3. The van der Waals surface area contributed by atoms with Crippen LogP contribution in [0.1, 0.15) is 11.3 Å². The van der Waals surface area contributed by atoms with E-state index in [9.17, 15) is 22.8 Å². The first-order chi connectivity index (χ1) is 9.27. The lowest BCUT2D eigenvalue weighted by Crippen LogP contribution is -2.20. The summed E-state index contributed by atoms with van der Waals surface area (Å²) in [7, 11) is 0. The maximum Gasteiger partial charge on any atom is 0.417 e. The Morgan fingerprint density at radius 1 is 1.25 bits per heavy atom. The third kappa shape index (κ3) is 1.82. The van der Waals surface area contributed by atoms with Gasteiger partial charge in [-0.3, -0.25) is 9.78 Å². The van der Waals surface area contributed by atoms with E-state index >= 15 is 0 Å². The van der Waals surface area contributed by atoms with Crippen LogP contribution in [0.3, 0.4) is 0 Å². The second kappa shape index (κ2) is 3.92. The average molecular weight is 301 g/mol. The number of H-pyrrole nitrogens is 2. The van der Waals surface area contributed by atoms with Crippen LogP contribution in [0.15, 0.2) is 15.7 Å². The van der Waals surface area contributed by atoms with E-state index in [1.54, 1.807) is 0 Å². The molecule has 0 unspecified atom stereocenters. The fraction of sp³-hybridized carbons (Fsp3) is 0.182. The summed E-state index contributed by atoms with van der Waals surface area (Å²) in [6, 6.07) is 0.897. The van der Waals surface area contributed by atoms with Crippen LogP contribution in [-0.4, -0.2) is 15.0 Å². The lowest BCUT2D eigenvalue weighted by atomic mass is 10.1. The third-order valence-corrected chi connectivity index (χ3v) is 3.85. The number of hydrogen-bond donors (Lipinski definition) is 2. The molecule has 0 fully saturated rings. The molecule has 0 saturated carbocycles. The molecule has 2 N–H and O–H groups in total. The number of aromatic amines is 2. The lowest BCUT2D eigenvalue weighted by Gasteiger charge is -2.08. The van der Waals surface area contributed by atoms with Crippen molar-refractivity contribution in [3.63, 3.8) is 0 Å². The third-order valence-electron chi connectivity index (χ3n) is 2.77. The van der Waals surface area contributed by atoms with Gasteiger partial charge in [-0.1, -0.05) is 0 Å². The summed E-state index contributed by atoms with van der Waals surface area (Å²) >= 11 is 0.816. The molecule has 3 aromatic rings. The number of nitrogens with one attached hydrogen (secondary N) is 2. The highest BCUT2D eigenvalue weighted by atomic mass is 32.1. The zero-order valence-corrected chi connectivity index (χ0v) is 10.7. The Balaban J connectivity index is 2.64. The molecule has 20 heavy (non-hydrogen) atoms. The van der Waals surface area contributed by atoms with Crippen LogP contribution in [0.4, 0.5) is 13.2 Å². The van der Waals surface area contributed by atoms with Crippen LogP contribution in [0.5, 0.6) is 0 Å². The van der Waals surface area contributed by atoms with Crippen molar-refractivity contribution in [1.82, 2.24) is 15.0 Å². The van der Waals surface area contributed by atoms with Gasteiger partial charge in [-0.2, -0.15) is 13.2 Å². The molecule has 0 spiro atoms. The number of nitrogens with zero attached hydrogens (tertiary/aromatic N) is 1. The van der Waals surface area contributed by atoms with E-state index in [0.717, 1.165) is 17.4 Å². The molecular formula is C11H6F3N3O2S. The van der Waals surface area contributed by atoms with Crippen molar-refractivity contribution < 1.29 is 13.2 Å². The molecule has 0 aliphatic heterocycles.